The van der Waals surface area contributed by atoms with Crippen LogP contribution in [0.4, 0.5) is 13.2 Å². The Morgan fingerprint density at radius 3 is 2.62 bits per heavy atom. The van der Waals surface area contributed by atoms with Crippen LogP contribution in [0.25, 0.3) is 10.9 Å². The van der Waals surface area contributed by atoms with E-state index in [-0.39, 0.29) is 11.5 Å². The number of H-pyrrole nitrogens is 1. The fraction of sp³-hybridized carbons (Fsp3) is 0.423. The summed E-state index contributed by atoms with van der Waals surface area (Å²) in [5.74, 6) is -2.28. The van der Waals surface area contributed by atoms with Crippen molar-refractivity contribution in [2.75, 3.05) is 26.3 Å². The van der Waals surface area contributed by atoms with Gasteiger partial charge >= 0.3 is 12.1 Å². The second kappa shape index (κ2) is 10.9. The van der Waals surface area contributed by atoms with Gasteiger partial charge in [-0.1, -0.05) is 24.3 Å². The molecule has 0 saturated carbocycles. The van der Waals surface area contributed by atoms with E-state index in [0.29, 0.717) is 37.9 Å². The van der Waals surface area contributed by atoms with Gasteiger partial charge in [0.1, 0.15) is 11.3 Å². The highest BCUT2D eigenvalue weighted by Crippen LogP contribution is 2.42. The fourth-order valence-corrected chi connectivity index (χ4v) is 4.73. The molecule has 1 atom stereocenters. The van der Waals surface area contributed by atoms with Crippen molar-refractivity contribution in [1.82, 2.24) is 14.9 Å². The Bertz CT molecular complexity index is 1220. The minimum absolute atomic E-state index is 0.0489. The van der Waals surface area contributed by atoms with Crippen molar-refractivity contribution in [2.45, 2.75) is 38.1 Å². The summed E-state index contributed by atoms with van der Waals surface area (Å²) in [4.78, 5) is 31.4. The van der Waals surface area contributed by atoms with Crippen LogP contribution in [0.1, 0.15) is 34.7 Å². The molecule has 5 rings (SSSR count). The van der Waals surface area contributed by atoms with E-state index < -0.39 is 12.1 Å². The number of rotatable bonds is 6. The molecule has 11 heteroatoms. The molecule has 0 bridgehead atoms. The van der Waals surface area contributed by atoms with Crippen LogP contribution < -0.4 is 0 Å². The molecular formula is C26H28F3N3O5. The number of nitrogens with zero attached hydrogens (tertiary/aromatic N) is 2. The second-order valence-electron chi connectivity index (χ2n) is 9.24. The van der Waals surface area contributed by atoms with E-state index in [1.807, 2.05) is 60.4 Å². The topological polar surface area (TPSA) is 105 Å². The van der Waals surface area contributed by atoms with Crippen LogP contribution in [0.2, 0.25) is 0 Å². The van der Waals surface area contributed by atoms with Crippen LogP contribution in [0.3, 0.4) is 0 Å². The first-order valence-corrected chi connectivity index (χ1v) is 11.9. The number of benzene rings is 1. The van der Waals surface area contributed by atoms with Crippen LogP contribution >= 0.6 is 0 Å². The number of amides is 1. The van der Waals surface area contributed by atoms with E-state index >= 15 is 0 Å². The van der Waals surface area contributed by atoms with Gasteiger partial charge in [-0.2, -0.15) is 13.2 Å². The van der Waals surface area contributed by atoms with Crippen LogP contribution in [-0.2, 0) is 20.9 Å². The molecule has 2 aliphatic rings. The molecule has 2 aliphatic heterocycles. The number of aromatic nitrogens is 2. The summed E-state index contributed by atoms with van der Waals surface area (Å²) in [6, 6.07) is 15.9. The number of alkyl halides is 3. The van der Waals surface area contributed by atoms with E-state index in [1.165, 1.54) is 0 Å². The summed E-state index contributed by atoms with van der Waals surface area (Å²) in [6.07, 6.45) is -3.11. The van der Waals surface area contributed by atoms with Gasteiger partial charge in [0.15, 0.2) is 0 Å². The Morgan fingerprint density at radius 2 is 1.95 bits per heavy atom. The highest BCUT2D eigenvalue weighted by atomic mass is 19.4. The predicted molar refractivity (Wildman–Crippen MR) is 128 cm³/mol. The van der Waals surface area contributed by atoms with E-state index in [4.69, 9.17) is 19.4 Å². The number of halogens is 3. The largest absolute Gasteiger partial charge is 0.490 e. The molecule has 0 radical (unpaired) electrons. The van der Waals surface area contributed by atoms with Crippen molar-refractivity contribution in [3.8, 4) is 0 Å². The number of carboxylic acid groups (broad SMARTS) is 1. The zero-order valence-corrected chi connectivity index (χ0v) is 20.3. The van der Waals surface area contributed by atoms with Crippen LogP contribution in [0.5, 0.6) is 0 Å². The first-order chi connectivity index (χ1) is 17.6. The summed E-state index contributed by atoms with van der Waals surface area (Å²) in [5.41, 5.74) is 3.41. The number of aliphatic carboxylic acids is 1. The highest BCUT2D eigenvalue weighted by Gasteiger charge is 2.54. The fourth-order valence-electron chi connectivity index (χ4n) is 4.73. The summed E-state index contributed by atoms with van der Waals surface area (Å²) >= 11 is 0. The lowest BCUT2D eigenvalue weighted by Crippen LogP contribution is -2.66. The number of carboxylic acids is 1. The zero-order valence-electron chi connectivity index (χ0n) is 20.3. The van der Waals surface area contributed by atoms with Gasteiger partial charge in [-0.05, 0) is 49.9 Å². The maximum atomic E-state index is 12.9. The molecule has 1 unspecified atom stereocenters. The van der Waals surface area contributed by atoms with Gasteiger partial charge < -0.3 is 24.5 Å². The Balaban J connectivity index is 0.000000405. The van der Waals surface area contributed by atoms with E-state index in [2.05, 4.69) is 9.97 Å². The maximum Gasteiger partial charge on any atom is 0.490 e. The molecule has 2 saturated heterocycles. The summed E-state index contributed by atoms with van der Waals surface area (Å²) in [6.45, 7) is 5.28. The lowest BCUT2D eigenvalue weighted by molar-refractivity contribution is -0.192. The summed E-state index contributed by atoms with van der Waals surface area (Å²) in [7, 11) is 0. The van der Waals surface area contributed by atoms with Gasteiger partial charge in [0, 0.05) is 29.8 Å². The van der Waals surface area contributed by atoms with Crippen molar-refractivity contribution in [2.24, 2.45) is 5.92 Å². The normalized spacial score (nSPS) is 18.4. The number of hydrogen-bond donors (Lipinski definition) is 2. The van der Waals surface area contributed by atoms with Gasteiger partial charge in [0.05, 0.1) is 25.4 Å². The predicted octanol–water partition coefficient (Wildman–Crippen LogP) is 4.34. The van der Waals surface area contributed by atoms with Crippen LogP contribution in [0, 0.1) is 12.8 Å². The Hall–Kier alpha value is -3.44. The first-order valence-electron chi connectivity index (χ1n) is 11.9. The average molecular weight is 520 g/mol. The van der Waals surface area contributed by atoms with Crippen molar-refractivity contribution < 1.29 is 37.3 Å². The smallest absolute Gasteiger partial charge is 0.475 e. The zero-order chi connectivity index (χ0) is 26.6. The number of ether oxygens (including phenoxy) is 2. The minimum Gasteiger partial charge on any atom is -0.475 e. The maximum absolute atomic E-state index is 12.9. The number of aromatic amines is 1. The molecule has 8 nitrogen and oxygen atoms in total. The molecule has 198 valence electrons. The number of hydrogen-bond acceptors (Lipinski definition) is 5. The van der Waals surface area contributed by atoms with Crippen LogP contribution in [0.15, 0.2) is 48.5 Å². The SMILES string of the molecule is Cc1cccc(COCCC2CCOC23CN(C(=O)c2cc4ccccc4[nH]2)C3)n1.O=C(O)C(F)(F)F. The molecule has 4 heterocycles. The molecule has 1 amide bonds. The third-order valence-corrected chi connectivity index (χ3v) is 6.61. The van der Waals surface area contributed by atoms with Gasteiger partial charge in [-0.15, -0.1) is 0 Å². The number of fused-ring (bicyclic) bond motifs is 1. The Morgan fingerprint density at radius 1 is 1.22 bits per heavy atom. The second-order valence-corrected chi connectivity index (χ2v) is 9.24. The number of pyridine rings is 1. The van der Waals surface area contributed by atoms with E-state index in [0.717, 1.165) is 41.7 Å². The van der Waals surface area contributed by atoms with Gasteiger partial charge in [-0.25, -0.2) is 4.79 Å². The van der Waals surface area contributed by atoms with Gasteiger partial charge in [-0.3, -0.25) is 9.78 Å². The quantitative estimate of drug-likeness (QED) is 0.470. The first kappa shape index (κ1) is 26.6. The number of likely N-dealkylation sites (tertiary alicyclic amines) is 1. The monoisotopic (exact) mass is 519 g/mol. The van der Waals surface area contributed by atoms with Crippen molar-refractivity contribution in [3.63, 3.8) is 0 Å². The minimum atomic E-state index is -5.08. The molecule has 3 aromatic rings. The van der Waals surface area contributed by atoms with Crippen LogP contribution in [-0.4, -0.2) is 69.9 Å². The summed E-state index contributed by atoms with van der Waals surface area (Å²) in [5, 5.41) is 8.19. The third kappa shape index (κ3) is 6.28. The third-order valence-electron chi connectivity index (χ3n) is 6.61. The molecule has 2 aromatic heterocycles. The average Bonchev–Trinajstić information content (AvgIpc) is 3.45. The van der Waals surface area contributed by atoms with Crippen molar-refractivity contribution in [1.29, 1.82) is 0 Å². The molecule has 0 aliphatic carbocycles. The Kier molecular flexibility index (Phi) is 7.84. The lowest BCUT2D eigenvalue weighted by atomic mass is 9.79. The number of para-hydroxylation sites is 1. The van der Waals surface area contributed by atoms with Crippen molar-refractivity contribution >= 4 is 22.8 Å². The number of aryl methyl sites for hydroxylation is 1. The number of carbonyl (C=O) groups is 2. The molecule has 1 spiro atoms. The Labute approximate surface area is 211 Å². The van der Waals surface area contributed by atoms with E-state index in [1.54, 1.807) is 0 Å². The summed E-state index contributed by atoms with van der Waals surface area (Å²) < 4.78 is 43.7. The van der Waals surface area contributed by atoms with Gasteiger partial charge in [0.2, 0.25) is 0 Å². The molecule has 2 N–H and O–H groups in total. The molecule has 2 fully saturated rings. The highest BCUT2D eigenvalue weighted by molar-refractivity contribution is 5.98. The van der Waals surface area contributed by atoms with Gasteiger partial charge in [0.25, 0.3) is 5.91 Å². The molecular weight excluding hydrogens is 491 g/mol. The number of nitrogens with one attached hydrogen (secondary N) is 1. The van der Waals surface area contributed by atoms with E-state index in [9.17, 15) is 18.0 Å². The molecule has 1 aromatic carbocycles. The number of carbonyl (C=O) groups excluding carboxylic acids is 1. The lowest BCUT2D eigenvalue weighted by Gasteiger charge is -2.50. The molecule has 37 heavy (non-hydrogen) atoms. The van der Waals surface area contributed by atoms with Crippen molar-refractivity contribution in [3.05, 3.63) is 65.6 Å². The standard InChI is InChI=1S/C24H27N3O3.C2HF3O2/c1-17-5-4-7-20(25-17)14-29-11-9-19-10-12-30-24(19)15-27(16-24)23(28)22-13-18-6-2-3-8-21(18)26-22;3-2(4,5)1(6)7/h2-8,13,19,26H,9-12,14-16H2,1H3;(H,6,7).